The lowest BCUT2D eigenvalue weighted by molar-refractivity contribution is -0.133. The molecule has 1 saturated heterocycles. The van der Waals surface area contributed by atoms with Crippen LogP contribution in [0.15, 0.2) is 18.2 Å². The molecular weight excluding hydrogens is 332 g/mol. The van der Waals surface area contributed by atoms with Gasteiger partial charge in [-0.25, -0.2) is 0 Å². The van der Waals surface area contributed by atoms with Gasteiger partial charge < -0.3 is 19.7 Å². The van der Waals surface area contributed by atoms with E-state index in [9.17, 15) is 9.59 Å². The second-order valence-electron chi connectivity index (χ2n) is 7.36. The van der Waals surface area contributed by atoms with Crippen LogP contribution in [0.4, 0.5) is 0 Å². The Hall–Kier alpha value is -2.24. The SMILES string of the molecule is COc1cccc(C2CN(C(=O)C(C)C)CC2C(=O)NC(C)C)c1OC. The summed E-state index contributed by atoms with van der Waals surface area (Å²) in [6.07, 6.45) is 0. The summed E-state index contributed by atoms with van der Waals surface area (Å²) in [4.78, 5) is 27.1. The molecule has 1 aromatic rings. The molecule has 0 aromatic heterocycles. The maximum absolute atomic E-state index is 12.8. The topological polar surface area (TPSA) is 67.9 Å². The zero-order valence-electron chi connectivity index (χ0n) is 16.5. The van der Waals surface area contributed by atoms with Crippen LogP contribution in [0.5, 0.6) is 11.5 Å². The molecule has 0 bridgehead atoms. The van der Waals surface area contributed by atoms with Gasteiger partial charge in [0.15, 0.2) is 11.5 Å². The largest absolute Gasteiger partial charge is 0.493 e. The molecule has 1 N–H and O–H groups in total. The van der Waals surface area contributed by atoms with Crippen LogP contribution >= 0.6 is 0 Å². The molecule has 144 valence electrons. The molecule has 1 aliphatic rings. The Labute approximate surface area is 155 Å². The summed E-state index contributed by atoms with van der Waals surface area (Å²) in [5, 5.41) is 2.99. The second kappa shape index (κ2) is 8.43. The van der Waals surface area contributed by atoms with Crippen LogP contribution in [0.3, 0.4) is 0 Å². The third-order valence-corrected chi connectivity index (χ3v) is 4.73. The smallest absolute Gasteiger partial charge is 0.225 e. The maximum atomic E-state index is 12.8. The van der Waals surface area contributed by atoms with Gasteiger partial charge in [0.25, 0.3) is 0 Å². The van der Waals surface area contributed by atoms with Gasteiger partial charge in [-0.2, -0.15) is 0 Å². The molecule has 2 unspecified atom stereocenters. The summed E-state index contributed by atoms with van der Waals surface area (Å²) in [7, 11) is 3.18. The zero-order valence-corrected chi connectivity index (χ0v) is 16.5. The van der Waals surface area contributed by atoms with Crippen LogP contribution in [0.2, 0.25) is 0 Å². The zero-order chi connectivity index (χ0) is 19.4. The van der Waals surface area contributed by atoms with Crippen molar-refractivity contribution in [2.24, 2.45) is 11.8 Å². The number of nitrogens with one attached hydrogen (secondary N) is 1. The number of hydrogen-bond acceptors (Lipinski definition) is 4. The molecule has 2 atom stereocenters. The van der Waals surface area contributed by atoms with E-state index in [0.717, 1.165) is 5.56 Å². The first-order valence-electron chi connectivity index (χ1n) is 9.10. The van der Waals surface area contributed by atoms with Crippen molar-refractivity contribution >= 4 is 11.8 Å². The molecule has 0 radical (unpaired) electrons. The molecule has 1 heterocycles. The van der Waals surface area contributed by atoms with E-state index in [1.165, 1.54) is 0 Å². The highest BCUT2D eigenvalue weighted by molar-refractivity contribution is 5.84. The molecule has 1 aromatic carbocycles. The van der Waals surface area contributed by atoms with E-state index in [4.69, 9.17) is 9.47 Å². The molecule has 0 spiro atoms. The number of carbonyl (C=O) groups is 2. The Morgan fingerprint density at radius 2 is 1.81 bits per heavy atom. The second-order valence-corrected chi connectivity index (χ2v) is 7.36. The Kier molecular flexibility index (Phi) is 6.51. The normalized spacial score (nSPS) is 19.8. The third kappa shape index (κ3) is 4.11. The fourth-order valence-corrected chi connectivity index (χ4v) is 3.53. The monoisotopic (exact) mass is 362 g/mol. The van der Waals surface area contributed by atoms with Crippen LogP contribution in [-0.2, 0) is 9.59 Å². The van der Waals surface area contributed by atoms with Gasteiger partial charge in [-0.1, -0.05) is 26.0 Å². The van der Waals surface area contributed by atoms with Gasteiger partial charge in [0.2, 0.25) is 11.8 Å². The lowest BCUT2D eigenvalue weighted by Gasteiger charge is -2.22. The van der Waals surface area contributed by atoms with Crippen molar-refractivity contribution in [3.8, 4) is 11.5 Å². The van der Waals surface area contributed by atoms with E-state index in [2.05, 4.69) is 5.32 Å². The fourth-order valence-electron chi connectivity index (χ4n) is 3.53. The first-order chi connectivity index (χ1) is 12.3. The lowest BCUT2D eigenvalue weighted by Crippen LogP contribution is -2.39. The fraction of sp³-hybridized carbons (Fsp3) is 0.600. The summed E-state index contributed by atoms with van der Waals surface area (Å²) in [5.41, 5.74) is 0.898. The van der Waals surface area contributed by atoms with E-state index >= 15 is 0 Å². The van der Waals surface area contributed by atoms with Gasteiger partial charge in [-0.05, 0) is 19.9 Å². The predicted molar refractivity (Wildman–Crippen MR) is 100 cm³/mol. The van der Waals surface area contributed by atoms with E-state index in [1.807, 2.05) is 45.9 Å². The van der Waals surface area contributed by atoms with Crippen molar-refractivity contribution in [3.63, 3.8) is 0 Å². The summed E-state index contributed by atoms with van der Waals surface area (Å²) < 4.78 is 11.0. The van der Waals surface area contributed by atoms with Crippen molar-refractivity contribution in [1.29, 1.82) is 0 Å². The number of para-hydroxylation sites is 1. The van der Waals surface area contributed by atoms with Crippen LogP contribution in [-0.4, -0.2) is 50.1 Å². The number of amides is 2. The van der Waals surface area contributed by atoms with Gasteiger partial charge in [0.1, 0.15) is 0 Å². The first-order valence-corrected chi connectivity index (χ1v) is 9.10. The highest BCUT2D eigenvalue weighted by atomic mass is 16.5. The molecule has 0 saturated carbocycles. The van der Waals surface area contributed by atoms with Gasteiger partial charge in [-0.15, -0.1) is 0 Å². The minimum absolute atomic E-state index is 0.0334. The summed E-state index contributed by atoms with van der Waals surface area (Å²) in [5.74, 6) is 0.728. The molecule has 1 aliphatic heterocycles. The van der Waals surface area contributed by atoms with Gasteiger partial charge in [0, 0.05) is 36.5 Å². The Bertz CT molecular complexity index is 657. The summed E-state index contributed by atoms with van der Waals surface area (Å²) in [6, 6.07) is 5.72. The number of nitrogens with zero attached hydrogens (tertiary/aromatic N) is 1. The summed E-state index contributed by atoms with van der Waals surface area (Å²) >= 11 is 0. The molecule has 6 nitrogen and oxygen atoms in total. The summed E-state index contributed by atoms with van der Waals surface area (Å²) in [6.45, 7) is 8.54. The standard InChI is InChI=1S/C20H30N2O4/c1-12(2)20(24)22-10-15(16(11-22)19(23)21-13(3)4)14-8-7-9-17(25-5)18(14)26-6/h7-9,12-13,15-16H,10-11H2,1-6H3,(H,21,23). The lowest BCUT2D eigenvalue weighted by atomic mass is 9.87. The van der Waals surface area contributed by atoms with Gasteiger partial charge in [0.05, 0.1) is 20.1 Å². The Balaban J connectivity index is 2.42. The molecule has 6 heteroatoms. The third-order valence-electron chi connectivity index (χ3n) is 4.73. The average Bonchev–Trinajstić information content (AvgIpc) is 3.04. The van der Waals surface area contributed by atoms with Gasteiger partial charge >= 0.3 is 0 Å². The highest BCUT2D eigenvalue weighted by Crippen LogP contribution is 2.42. The molecule has 26 heavy (non-hydrogen) atoms. The number of carbonyl (C=O) groups excluding carboxylic acids is 2. The Morgan fingerprint density at radius 3 is 2.35 bits per heavy atom. The highest BCUT2D eigenvalue weighted by Gasteiger charge is 2.42. The van der Waals surface area contributed by atoms with E-state index in [-0.39, 0.29) is 35.6 Å². The van der Waals surface area contributed by atoms with Crippen molar-refractivity contribution in [2.45, 2.75) is 39.7 Å². The van der Waals surface area contributed by atoms with Crippen LogP contribution < -0.4 is 14.8 Å². The first kappa shape index (κ1) is 20.1. The number of methoxy groups -OCH3 is 2. The minimum Gasteiger partial charge on any atom is -0.493 e. The van der Waals surface area contributed by atoms with Crippen LogP contribution in [0.1, 0.15) is 39.2 Å². The van der Waals surface area contributed by atoms with Crippen molar-refractivity contribution in [2.75, 3.05) is 27.3 Å². The van der Waals surface area contributed by atoms with E-state index < -0.39 is 0 Å². The molecular formula is C20H30N2O4. The number of likely N-dealkylation sites (tertiary alicyclic amines) is 1. The molecule has 2 amide bonds. The van der Waals surface area contributed by atoms with Crippen LogP contribution in [0, 0.1) is 11.8 Å². The number of rotatable bonds is 6. The maximum Gasteiger partial charge on any atom is 0.225 e. The van der Waals surface area contributed by atoms with Crippen molar-refractivity contribution in [1.82, 2.24) is 10.2 Å². The van der Waals surface area contributed by atoms with E-state index in [0.29, 0.717) is 24.6 Å². The van der Waals surface area contributed by atoms with Gasteiger partial charge in [-0.3, -0.25) is 9.59 Å². The van der Waals surface area contributed by atoms with Crippen molar-refractivity contribution < 1.29 is 19.1 Å². The van der Waals surface area contributed by atoms with E-state index in [1.54, 1.807) is 19.1 Å². The predicted octanol–water partition coefficient (Wildman–Crippen LogP) is 2.43. The molecule has 1 fully saturated rings. The van der Waals surface area contributed by atoms with Crippen LogP contribution in [0.25, 0.3) is 0 Å². The van der Waals surface area contributed by atoms with Crippen molar-refractivity contribution in [3.05, 3.63) is 23.8 Å². The molecule has 0 aliphatic carbocycles. The number of ether oxygens (including phenoxy) is 2. The molecule has 2 rings (SSSR count). The Morgan fingerprint density at radius 1 is 1.12 bits per heavy atom. The number of hydrogen-bond donors (Lipinski definition) is 1. The quantitative estimate of drug-likeness (QED) is 0.844. The number of benzene rings is 1. The minimum atomic E-state index is -0.318. The average molecular weight is 362 g/mol.